The number of carbonyl (C=O) groups excluding carboxylic acids is 3. The Hall–Kier alpha value is -3.36. The van der Waals surface area contributed by atoms with Crippen LogP contribution in [0.5, 0.6) is 0 Å². The van der Waals surface area contributed by atoms with Gasteiger partial charge < -0.3 is 15.4 Å². The van der Waals surface area contributed by atoms with E-state index in [2.05, 4.69) is 15.4 Å². The molecule has 158 valence electrons. The molecule has 1 aromatic heterocycles. The van der Waals surface area contributed by atoms with Gasteiger partial charge >= 0.3 is 5.97 Å². The fourth-order valence-electron chi connectivity index (χ4n) is 2.49. The Balaban J connectivity index is 1.71. The van der Waals surface area contributed by atoms with E-state index in [0.717, 1.165) is 9.77 Å². The van der Waals surface area contributed by atoms with Crippen LogP contribution in [0.1, 0.15) is 15.2 Å². The molecule has 0 aliphatic rings. The van der Waals surface area contributed by atoms with E-state index in [1.165, 1.54) is 30.2 Å². The number of ether oxygens (including phenoxy) is 1. The fraction of sp³-hybridized carbons (Fsp3) is 0.0870. The number of methoxy groups -OCH3 is 1. The summed E-state index contributed by atoms with van der Waals surface area (Å²) in [4.78, 5) is 38.4. The summed E-state index contributed by atoms with van der Waals surface area (Å²) in [6.07, 6.45) is 1.64. The molecular formula is C23H20N2O4S2. The first kappa shape index (κ1) is 22.3. The molecule has 6 nitrogen and oxygen atoms in total. The molecule has 0 aliphatic carbocycles. The van der Waals surface area contributed by atoms with E-state index in [-0.39, 0.29) is 23.3 Å². The van der Waals surface area contributed by atoms with Gasteiger partial charge in [-0.15, -0.1) is 23.1 Å². The number of rotatable bonds is 8. The van der Waals surface area contributed by atoms with Crippen LogP contribution in [0.25, 0.3) is 6.08 Å². The van der Waals surface area contributed by atoms with E-state index in [1.54, 1.807) is 54.6 Å². The average Bonchev–Trinajstić information content (AvgIpc) is 3.31. The molecule has 0 aliphatic heterocycles. The third-order valence-corrected chi connectivity index (χ3v) is 5.86. The van der Waals surface area contributed by atoms with E-state index >= 15 is 0 Å². The molecule has 2 N–H and O–H groups in total. The average molecular weight is 453 g/mol. The van der Waals surface area contributed by atoms with E-state index in [1.807, 2.05) is 23.6 Å². The van der Waals surface area contributed by atoms with Gasteiger partial charge in [-0.2, -0.15) is 0 Å². The number of thiophene rings is 1. The van der Waals surface area contributed by atoms with Crippen LogP contribution >= 0.6 is 23.1 Å². The predicted molar refractivity (Wildman–Crippen MR) is 124 cm³/mol. The number of thioether (sulfide) groups is 1. The highest BCUT2D eigenvalue weighted by molar-refractivity contribution is 8.00. The van der Waals surface area contributed by atoms with Crippen molar-refractivity contribution >= 4 is 52.6 Å². The molecule has 3 rings (SSSR count). The Kier molecular flexibility index (Phi) is 8.03. The van der Waals surface area contributed by atoms with Crippen molar-refractivity contribution in [2.24, 2.45) is 0 Å². The van der Waals surface area contributed by atoms with Crippen molar-refractivity contribution in [3.63, 3.8) is 0 Å². The summed E-state index contributed by atoms with van der Waals surface area (Å²) in [6.45, 7) is 0. The molecule has 8 heteroatoms. The molecule has 0 bridgehead atoms. The lowest BCUT2D eigenvalue weighted by atomic mass is 10.2. The number of hydrogen-bond donors (Lipinski definition) is 2. The van der Waals surface area contributed by atoms with Gasteiger partial charge in [-0.25, -0.2) is 0 Å². The number of hydrogen-bond acceptors (Lipinski definition) is 6. The van der Waals surface area contributed by atoms with Crippen molar-refractivity contribution in [3.8, 4) is 0 Å². The van der Waals surface area contributed by atoms with Crippen molar-refractivity contribution < 1.29 is 19.1 Å². The van der Waals surface area contributed by atoms with E-state index in [0.29, 0.717) is 11.3 Å². The molecule has 0 radical (unpaired) electrons. The SMILES string of the molecule is COC(=O)CSc1ccc(NC(=O)/C(=C/c2cccs2)NC(=O)c2ccccc2)cc1. The Labute approximate surface area is 188 Å². The van der Waals surface area contributed by atoms with Gasteiger partial charge in [0.25, 0.3) is 11.8 Å². The largest absolute Gasteiger partial charge is 0.468 e. The Morgan fingerprint density at radius 1 is 1.00 bits per heavy atom. The van der Waals surface area contributed by atoms with Crippen LogP contribution in [0.2, 0.25) is 0 Å². The van der Waals surface area contributed by atoms with Crippen LogP contribution in [-0.2, 0) is 14.3 Å². The number of anilines is 1. The Morgan fingerprint density at radius 3 is 2.39 bits per heavy atom. The quantitative estimate of drug-likeness (QED) is 0.300. The summed E-state index contributed by atoms with van der Waals surface area (Å²) in [7, 11) is 1.35. The third kappa shape index (κ3) is 6.84. The minimum Gasteiger partial charge on any atom is -0.468 e. The van der Waals surface area contributed by atoms with Gasteiger partial charge in [0, 0.05) is 21.0 Å². The lowest BCUT2D eigenvalue weighted by Gasteiger charge is -2.11. The summed E-state index contributed by atoms with van der Waals surface area (Å²) in [5.41, 5.74) is 1.17. The zero-order valence-electron chi connectivity index (χ0n) is 16.7. The van der Waals surface area contributed by atoms with Crippen molar-refractivity contribution in [3.05, 3.63) is 88.2 Å². The smallest absolute Gasteiger partial charge is 0.315 e. The van der Waals surface area contributed by atoms with Gasteiger partial charge in [-0.3, -0.25) is 14.4 Å². The third-order valence-electron chi connectivity index (χ3n) is 4.06. The highest BCUT2D eigenvalue weighted by atomic mass is 32.2. The highest BCUT2D eigenvalue weighted by Gasteiger charge is 2.15. The molecule has 0 saturated carbocycles. The van der Waals surface area contributed by atoms with E-state index in [9.17, 15) is 14.4 Å². The summed E-state index contributed by atoms with van der Waals surface area (Å²) >= 11 is 2.80. The molecule has 0 spiro atoms. The first-order valence-corrected chi connectivity index (χ1v) is 11.1. The van der Waals surface area contributed by atoms with Crippen LogP contribution in [0.15, 0.2) is 82.7 Å². The fourth-order valence-corrected chi connectivity index (χ4v) is 3.88. The second-order valence-electron chi connectivity index (χ2n) is 6.24. The normalized spacial score (nSPS) is 10.9. The van der Waals surface area contributed by atoms with E-state index in [4.69, 9.17) is 0 Å². The minimum absolute atomic E-state index is 0.139. The number of amides is 2. The van der Waals surface area contributed by atoms with Crippen LogP contribution < -0.4 is 10.6 Å². The van der Waals surface area contributed by atoms with Gasteiger partial charge in [0.05, 0.1) is 12.9 Å². The molecular weight excluding hydrogens is 432 g/mol. The molecule has 0 fully saturated rings. The van der Waals surface area contributed by atoms with Crippen molar-refractivity contribution in [1.29, 1.82) is 0 Å². The van der Waals surface area contributed by atoms with Gasteiger partial charge in [0.1, 0.15) is 5.70 Å². The second-order valence-corrected chi connectivity index (χ2v) is 8.26. The van der Waals surface area contributed by atoms with Gasteiger partial charge in [-0.1, -0.05) is 24.3 Å². The maximum absolute atomic E-state index is 12.9. The van der Waals surface area contributed by atoms with Crippen LogP contribution in [0, 0.1) is 0 Å². The van der Waals surface area contributed by atoms with Crippen LogP contribution in [0.3, 0.4) is 0 Å². The molecule has 0 unspecified atom stereocenters. The summed E-state index contributed by atoms with van der Waals surface area (Å²) in [6, 6.07) is 19.5. The maximum atomic E-state index is 12.9. The molecule has 1 heterocycles. The van der Waals surface area contributed by atoms with Crippen molar-refractivity contribution in [2.45, 2.75) is 4.90 Å². The first-order valence-electron chi connectivity index (χ1n) is 9.28. The maximum Gasteiger partial charge on any atom is 0.315 e. The highest BCUT2D eigenvalue weighted by Crippen LogP contribution is 2.21. The number of carbonyl (C=O) groups is 3. The van der Waals surface area contributed by atoms with Gasteiger partial charge in [-0.05, 0) is 53.9 Å². The molecule has 31 heavy (non-hydrogen) atoms. The molecule has 2 aromatic carbocycles. The lowest BCUT2D eigenvalue weighted by molar-refractivity contribution is -0.137. The predicted octanol–water partition coefficient (Wildman–Crippen LogP) is 4.42. The monoisotopic (exact) mass is 452 g/mol. The summed E-state index contributed by atoms with van der Waals surface area (Å²) < 4.78 is 4.62. The van der Waals surface area contributed by atoms with Crippen LogP contribution in [0.4, 0.5) is 5.69 Å². The standard InChI is InChI=1S/C23H20N2O4S2/c1-29-21(26)15-31-18-11-9-17(10-12-18)24-23(28)20(14-19-8-5-13-30-19)25-22(27)16-6-3-2-4-7-16/h2-14H,15H2,1H3,(H,24,28)(H,25,27)/b20-14-. The second kappa shape index (κ2) is 11.1. The zero-order valence-corrected chi connectivity index (χ0v) is 18.3. The molecule has 2 amide bonds. The van der Waals surface area contributed by atoms with E-state index < -0.39 is 5.91 Å². The molecule has 0 saturated heterocycles. The zero-order chi connectivity index (χ0) is 22.1. The summed E-state index contributed by atoms with van der Waals surface area (Å²) in [5, 5.41) is 7.39. The molecule has 3 aromatic rings. The van der Waals surface area contributed by atoms with Gasteiger partial charge in [0.2, 0.25) is 0 Å². The lowest BCUT2D eigenvalue weighted by Crippen LogP contribution is -2.30. The van der Waals surface area contributed by atoms with Crippen molar-refractivity contribution in [2.75, 3.05) is 18.2 Å². The Morgan fingerprint density at radius 2 is 1.74 bits per heavy atom. The van der Waals surface area contributed by atoms with Crippen LogP contribution in [-0.4, -0.2) is 30.6 Å². The van der Waals surface area contributed by atoms with Crippen molar-refractivity contribution in [1.82, 2.24) is 5.32 Å². The number of benzene rings is 2. The number of esters is 1. The summed E-state index contributed by atoms with van der Waals surface area (Å²) in [5.74, 6) is -0.901. The number of nitrogens with one attached hydrogen (secondary N) is 2. The van der Waals surface area contributed by atoms with Gasteiger partial charge in [0.15, 0.2) is 0 Å². The minimum atomic E-state index is -0.437. The first-order chi connectivity index (χ1) is 15.0. The molecule has 0 atom stereocenters. The Bertz CT molecular complexity index is 1060. The topological polar surface area (TPSA) is 84.5 Å².